The van der Waals surface area contributed by atoms with Gasteiger partial charge in [-0.15, -0.1) is 0 Å². The van der Waals surface area contributed by atoms with Crippen LogP contribution in [-0.2, 0) is 5.41 Å². The molecule has 58 heavy (non-hydrogen) atoms. The van der Waals surface area contributed by atoms with Crippen LogP contribution in [0.2, 0.25) is 0 Å². The first kappa shape index (κ1) is 32.1. The summed E-state index contributed by atoms with van der Waals surface area (Å²) in [6.07, 6.45) is 0. The lowest BCUT2D eigenvalue weighted by Crippen LogP contribution is -2.36. The number of furan rings is 1. The second kappa shape index (κ2) is 12.0. The van der Waals surface area contributed by atoms with Crippen molar-refractivity contribution in [2.24, 2.45) is 0 Å². The Morgan fingerprint density at radius 3 is 1.93 bits per heavy atom. The van der Waals surface area contributed by atoms with Crippen molar-refractivity contribution in [3.8, 4) is 11.1 Å². The molecule has 2 aliphatic rings. The van der Waals surface area contributed by atoms with E-state index in [9.17, 15) is 0 Å². The van der Waals surface area contributed by atoms with Gasteiger partial charge in [0.25, 0.3) is 0 Å². The fraction of sp³-hybridized carbons (Fsp3) is 0.0182. The van der Waals surface area contributed by atoms with Crippen LogP contribution in [0.1, 0.15) is 22.3 Å². The van der Waals surface area contributed by atoms with Crippen molar-refractivity contribution in [2.45, 2.75) is 15.2 Å². The zero-order chi connectivity index (χ0) is 38.0. The summed E-state index contributed by atoms with van der Waals surface area (Å²) in [6, 6.07) is 73.9. The third kappa shape index (κ3) is 4.34. The Morgan fingerprint density at radius 2 is 1.00 bits per heavy atom. The third-order valence-corrected chi connectivity index (χ3v) is 13.8. The van der Waals surface area contributed by atoms with E-state index in [1.807, 2.05) is 11.8 Å². The molecule has 0 N–H and O–H groups in total. The van der Waals surface area contributed by atoms with Gasteiger partial charge in [-0.25, -0.2) is 0 Å². The fourth-order valence-electron chi connectivity index (χ4n) is 10.2. The van der Waals surface area contributed by atoms with Crippen LogP contribution in [-0.4, -0.2) is 0 Å². The van der Waals surface area contributed by atoms with Crippen LogP contribution < -0.4 is 4.90 Å². The summed E-state index contributed by atoms with van der Waals surface area (Å²) in [4.78, 5) is 4.94. The molecule has 10 aromatic carbocycles. The molecule has 0 bridgehead atoms. The third-order valence-electron chi connectivity index (χ3n) is 12.7. The van der Waals surface area contributed by atoms with Crippen LogP contribution in [0.4, 0.5) is 17.1 Å². The average Bonchev–Trinajstić information content (AvgIpc) is 3.66. The van der Waals surface area contributed by atoms with Crippen molar-refractivity contribution in [1.82, 2.24) is 0 Å². The molecule has 1 aliphatic carbocycles. The Labute approximate surface area is 339 Å². The van der Waals surface area contributed by atoms with E-state index in [1.54, 1.807) is 0 Å². The maximum atomic E-state index is 6.76. The zero-order valence-electron chi connectivity index (χ0n) is 31.3. The molecule has 0 radical (unpaired) electrons. The Hall–Kier alpha value is -7.07. The summed E-state index contributed by atoms with van der Waals surface area (Å²) in [5.74, 6) is 0. The largest absolute Gasteiger partial charge is 0.455 e. The highest BCUT2D eigenvalue weighted by Crippen LogP contribution is 2.61. The highest BCUT2D eigenvalue weighted by Gasteiger charge is 2.48. The van der Waals surface area contributed by atoms with Crippen LogP contribution in [0.5, 0.6) is 0 Å². The molecule has 2 nitrogen and oxygen atoms in total. The van der Waals surface area contributed by atoms with Gasteiger partial charge >= 0.3 is 0 Å². The summed E-state index contributed by atoms with van der Waals surface area (Å²) in [6.45, 7) is 0. The van der Waals surface area contributed by atoms with Gasteiger partial charge in [0.1, 0.15) is 11.2 Å². The second-order valence-electron chi connectivity index (χ2n) is 15.6. The molecule has 0 fully saturated rings. The number of benzene rings is 10. The molecule has 13 rings (SSSR count). The molecular formula is C55H33NOS. The molecule has 1 aromatic heterocycles. The first-order chi connectivity index (χ1) is 28.7. The number of hydrogen-bond donors (Lipinski definition) is 0. The van der Waals surface area contributed by atoms with E-state index >= 15 is 0 Å². The van der Waals surface area contributed by atoms with Gasteiger partial charge in [0, 0.05) is 49.1 Å². The Balaban J connectivity index is 1.07. The highest BCUT2D eigenvalue weighted by molar-refractivity contribution is 7.99. The van der Waals surface area contributed by atoms with Crippen molar-refractivity contribution in [1.29, 1.82) is 0 Å². The molecule has 270 valence electrons. The average molecular weight is 756 g/mol. The number of fused-ring (bicyclic) bond motifs is 14. The van der Waals surface area contributed by atoms with Crippen LogP contribution in [0, 0.1) is 0 Å². The summed E-state index contributed by atoms with van der Waals surface area (Å²) < 4.78 is 6.76. The van der Waals surface area contributed by atoms with Gasteiger partial charge in [-0.05, 0) is 109 Å². The standard InChI is InChI=1S/C55H33NOS/c1-2-13-37-31-38(25-23-34(37)11-1)56(39-26-29-43-45-28-24-35-12-3-4-16-41(35)54(45)57-50(43)32-39)40-27-30-48-52(33-40)58-51-22-8-7-20-47(51)55(48)46-19-6-5-17-42(46)44-18-9-14-36-15-10-21-49(55)53(36)44/h1-33H. The van der Waals surface area contributed by atoms with E-state index < -0.39 is 5.41 Å². The molecule has 1 unspecified atom stereocenters. The number of anilines is 3. The van der Waals surface area contributed by atoms with Crippen LogP contribution >= 0.6 is 11.8 Å². The molecule has 1 spiro atoms. The van der Waals surface area contributed by atoms with Gasteiger partial charge < -0.3 is 9.32 Å². The van der Waals surface area contributed by atoms with Crippen molar-refractivity contribution < 1.29 is 4.42 Å². The Morgan fingerprint density at radius 1 is 0.379 bits per heavy atom. The lowest BCUT2D eigenvalue weighted by Gasteiger charge is -2.46. The number of hydrogen-bond acceptors (Lipinski definition) is 3. The van der Waals surface area contributed by atoms with E-state index in [4.69, 9.17) is 4.42 Å². The lowest BCUT2D eigenvalue weighted by molar-refractivity contribution is 0.672. The zero-order valence-corrected chi connectivity index (χ0v) is 32.1. The maximum absolute atomic E-state index is 6.76. The SMILES string of the molecule is c1ccc2c(c1)Sc1cc(N(c3ccc4ccccc4c3)c3ccc4c(c3)oc3c5ccccc5ccc43)ccc1C21c2ccccc2-c2cccc3cccc1c23. The fourth-order valence-corrected chi connectivity index (χ4v) is 11.4. The number of rotatable bonds is 3. The molecule has 1 atom stereocenters. The smallest absolute Gasteiger partial charge is 0.143 e. The first-order valence-electron chi connectivity index (χ1n) is 19.9. The molecule has 1 aliphatic heterocycles. The molecular weight excluding hydrogens is 723 g/mol. The molecule has 3 heteroatoms. The lowest BCUT2D eigenvalue weighted by atomic mass is 9.59. The minimum absolute atomic E-state index is 0.496. The van der Waals surface area contributed by atoms with Crippen LogP contribution in [0.25, 0.3) is 65.4 Å². The monoisotopic (exact) mass is 755 g/mol. The minimum atomic E-state index is -0.496. The Kier molecular flexibility index (Phi) is 6.62. The quantitative estimate of drug-likeness (QED) is 0.179. The van der Waals surface area contributed by atoms with Gasteiger partial charge in [-0.1, -0.05) is 157 Å². The summed E-state index contributed by atoms with van der Waals surface area (Å²) >= 11 is 1.88. The molecule has 11 aromatic rings. The van der Waals surface area contributed by atoms with Gasteiger partial charge in [-0.3, -0.25) is 0 Å². The Bertz CT molecular complexity index is 3520. The van der Waals surface area contributed by atoms with E-state index in [1.165, 1.54) is 70.1 Å². The maximum Gasteiger partial charge on any atom is 0.143 e. The van der Waals surface area contributed by atoms with Gasteiger partial charge in [0.05, 0.1) is 5.41 Å². The van der Waals surface area contributed by atoms with Gasteiger partial charge in [0.15, 0.2) is 0 Å². The highest BCUT2D eigenvalue weighted by atomic mass is 32.2. The summed E-state index contributed by atoms with van der Waals surface area (Å²) in [7, 11) is 0. The molecule has 0 amide bonds. The normalized spacial score (nSPS) is 15.2. The molecule has 0 saturated heterocycles. The second-order valence-corrected chi connectivity index (χ2v) is 16.7. The van der Waals surface area contributed by atoms with Crippen LogP contribution in [0.3, 0.4) is 0 Å². The minimum Gasteiger partial charge on any atom is -0.455 e. The van der Waals surface area contributed by atoms with Crippen molar-refractivity contribution in [2.75, 3.05) is 4.90 Å². The van der Waals surface area contributed by atoms with Crippen LogP contribution in [0.15, 0.2) is 214 Å². The summed E-state index contributed by atoms with van der Waals surface area (Å²) in [5.41, 5.74) is 12.5. The molecule has 2 heterocycles. The van der Waals surface area contributed by atoms with E-state index in [-0.39, 0.29) is 0 Å². The van der Waals surface area contributed by atoms with E-state index in [0.29, 0.717) is 0 Å². The topological polar surface area (TPSA) is 16.4 Å². The summed E-state index contributed by atoms with van der Waals surface area (Å²) in [5, 5.41) is 9.59. The van der Waals surface area contributed by atoms with Crippen molar-refractivity contribution in [3.63, 3.8) is 0 Å². The van der Waals surface area contributed by atoms with Gasteiger partial charge in [-0.2, -0.15) is 0 Å². The number of nitrogens with zero attached hydrogens (tertiary/aromatic N) is 1. The predicted octanol–water partition coefficient (Wildman–Crippen LogP) is 15.3. The van der Waals surface area contributed by atoms with Gasteiger partial charge in [0.2, 0.25) is 0 Å². The van der Waals surface area contributed by atoms with Crippen molar-refractivity contribution >= 4 is 83.1 Å². The predicted molar refractivity (Wildman–Crippen MR) is 242 cm³/mol. The van der Waals surface area contributed by atoms with E-state index in [2.05, 4.69) is 205 Å². The van der Waals surface area contributed by atoms with Crippen molar-refractivity contribution in [3.05, 3.63) is 222 Å². The first-order valence-corrected chi connectivity index (χ1v) is 20.7. The molecule has 0 saturated carbocycles. The van der Waals surface area contributed by atoms with E-state index in [0.717, 1.165) is 44.4 Å².